The van der Waals surface area contributed by atoms with Gasteiger partial charge in [-0.15, -0.1) is 0 Å². The summed E-state index contributed by atoms with van der Waals surface area (Å²) in [5.41, 5.74) is 0. The lowest BCUT2D eigenvalue weighted by atomic mass is 9.96. The van der Waals surface area contributed by atoms with Crippen LogP contribution in [0.25, 0.3) is 0 Å². The molecule has 3 aliphatic heterocycles. The van der Waals surface area contributed by atoms with Crippen LogP contribution in [0.15, 0.2) is 48.6 Å². The molecule has 0 saturated carbocycles. The van der Waals surface area contributed by atoms with E-state index in [9.17, 15) is 61.0 Å². The molecule has 17 unspecified atom stereocenters. The van der Waals surface area contributed by atoms with Gasteiger partial charge < -0.3 is 89.9 Å². The summed E-state index contributed by atoms with van der Waals surface area (Å²) in [5.74, 6) is -0.299. The van der Waals surface area contributed by atoms with Crippen LogP contribution in [0.5, 0.6) is 0 Å². The molecule has 19 nitrogen and oxygen atoms in total. The van der Waals surface area contributed by atoms with E-state index in [-0.39, 0.29) is 18.9 Å². The van der Waals surface area contributed by atoms with Gasteiger partial charge in [0.15, 0.2) is 18.9 Å². The Morgan fingerprint density at radius 1 is 0.412 bits per heavy atom. The monoisotopic (exact) mass is 1210 g/mol. The second-order valence-corrected chi connectivity index (χ2v) is 23.9. The Hall–Kier alpha value is -2.25. The van der Waals surface area contributed by atoms with Gasteiger partial charge in [0.2, 0.25) is 5.91 Å². The van der Waals surface area contributed by atoms with Crippen molar-refractivity contribution in [3.8, 4) is 0 Å². The topological polar surface area (TPSA) is 307 Å². The van der Waals surface area contributed by atoms with Gasteiger partial charge in [0.05, 0.1) is 38.6 Å². The van der Waals surface area contributed by atoms with Gasteiger partial charge in [0.1, 0.15) is 73.2 Å². The van der Waals surface area contributed by atoms with Gasteiger partial charge in [0.25, 0.3) is 0 Å². The molecule has 85 heavy (non-hydrogen) atoms. The smallest absolute Gasteiger partial charge is 0.220 e. The Morgan fingerprint density at radius 2 is 0.753 bits per heavy atom. The number of allylic oxidation sites excluding steroid dienone is 7. The molecule has 0 spiro atoms. The van der Waals surface area contributed by atoms with Gasteiger partial charge in [-0.2, -0.15) is 0 Å². The highest BCUT2D eigenvalue weighted by molar-refractivity contribution is 5.76. The first-order valence-electron chi connectivity index (χ1n) is 33.4. The Morgan fingerprint density at radius 3 is 1.18 bits per heavy atom. The highest BCUT2D eigenvalue weighted by Gasteiger charge is 2.53. The first-order chi connectivity index (χ1) is 41.3. The maximum absolute atomic E-state index is 13.3. The number of carbonyl (C=O) groups excluding carboxylic acids is 1. The zero-order valence-electron chi connectivity index (χ0n) is 52.1. The van der Waals surface area contributed by atoms with Crippen molar-refractivity contribution in [1.82, 2.24) is 5.32 Å². The average molecular weight is 1210 g/mol. The molecule has 0 aromatic carbocycles. The highest BCUT2D eigenvalue weighted by Crippen LogP contribution is 2.33. The SMILES string of the molecule is CCCCCCC/C=C\CCCCCCCC(=O)NC(COC1OC(CO)C(OC2OC(CO)C(OC3OC(CO)C(O)C(O)C3O)C(O)C2O)C(O)C1O)C(O)/C=C/CC/C=C/CC/C=C/CCCCCCCCCCCCCCCCCC. The van der Waals surface area contributed by atoms with Crippen molar-refractivity contribution >= 4 is 5.91 Å². The number of rotatable bonds is 50. The van der Waals surface area contributed by atoms with E-state index in [2.05, 4.69) is 55.6 Å². The molecule has 3 aliphatic rings. The lowest BCUT2D eigenvalue weighted by Crippen LogP contribution is -2.66. The zero-order chi connectivity index (χ0) is 61.9. The van der Waals surface area contributed by atoms with Crippen LogP contribution < -0.4 is 5.32 Å². The van der Waals surface area contributed by atoms with Crippen molar-refractivity contribution in [3.63, 3.8) is 0 Å². The van der Waals surface area contributed by atoms with Crippen molar-refractivity contribution in [2.24, 2.45) is 0 Å². The molecule has 0 radical (unpaired) electrons. The van der Waals surface area contributed by atoms with Crippen LogP contribution in [0.1, 0.15) is 232 Å². The summed E-state index contributed by atoms with van der Waals surface area (Å²) in [6.45, 7) is 1.69. The molecule has 3 rings (SSSR count). The molecule has 0 bridgehead atoms. The molecule has 3 heterocycles. The molecule has 17 atom stereocenters. The summed E-state index contributed by atoms with van der Waals surface area (Å²) in [6, 6.07) is -1.00. The minimum Gasteiger partial charge on any atom is -0.394 e. The second-order valence-electron chi connectivity index (χ2n) is 23.9. The van der Waals surface area contributed by atoms with Crippen LogP contribution in [0, 0.1) is 0 Å². The molecular weight excluding hydrogens is 1090 g/mol. The van der Waals surface area contributed by atoms with E-state index in [0.717, 1.165) is 64.2 Å². The number of carbonyl (C=O) groups is 1. The summed E-state index contributed by atoms with van der Waals surface area (Å²) < 4.78 is 34.3. The molecule has 0 aromatic heterocycles. The Labute approximate surface area is 510 Å². The molecule has 19 heteroatoms. The average Bonchev–Trinajstić information content (AvgIpc) is 3.58. The third kappa shape index (κ3) is 31.4. The second kappa shape index (κ2) is 48.6. The van der Waals surface area contributed by atoms with E-state index in [1.807, 2.05) is 6.08 Å². The van der Waals surface area contributed by atoms with Crippen LogP contribution >= 0.6 is 0 Å². The number of amides is 1. The number of aliphatic hydroxyl groups is 11. The van der Waals surface area contributed by atoms with Crippen molar-refractivity contribution in [3.05, 3.63) is 48.6 Å². The first kappa shape index (κ1) is 77.0. The molecule has 3 saturated heterocycles. The number of ether oxygens (including phenoxy) is 6. The highest BCUT2D eigenvalue weighted by atomic mass is 16.8. The quantitative estimate of drug-likeness (QED) is 0.0204. The number of hydrogen-bond donors (Lipinski definition) is 12. The van der Waals surface area contributed by atoms with Gasteiger partial charge in [-0.25, -0.2) is 0 Å². The third-order valence-corrected chi connectivity index (χ3v) is 16.6. The van der Waals surface area contributed by atoms with E-state index in [1.54, 1.807) is 6.08 Å². The van der Waals surface area contributed by atoms with Gasteiger partial charge in [-0.05, 0) is 70.6 Å². The number of nitrogens with one attached hydrogen (secondary N) is 1. The van der Waals surface area contributed by atoms with Gasteiger partial charge in [-0.3, -0.25) is 4.79 Å². The molecule has 0 aromatic rings. The lowest BCUT2D eigenvalue weighted by Gasteiger charge is -2.48. The van der Waals surface area contributed by atoms with E-state index >= 15 is 0 Å². The lowest BCUT2D eigenvalue weighted by molar-refractivity contribution is -0.379. The van der Waals surface area contributed by atoms with Crippen molar-refractivity contribution < 1.29 is 89.4 Å². The summed E-state index contributed by atoms with van der Waals surface area (Å²) in [4.78, 5) is 13.3. The van der Waals surface area contributed by atoms with Crippen LogP contribution in [0.4, 0.5) is 0 Å². The fourth-order valence-corrected chi connectivity index (χ4v) is 11.1. The predicted molar refractivity (Wildman–Crippen MR) is 328 cm³/mol. The van der Waals surface area contributed by atoms with Crippen molar-refractivity contribution in [2.75, 3.05) is 26.4 Å². The summed E-state index contributed by atoms with van der Waals surface area (Å²) >= 11 is 0. The zero-order valence-corrected chi connectivity index (χ0v) is 52.1. The molecule has 12 N–H and O–H groups in total. The maximum Gasteiger partial charge on any atom is 0.220 e. The van der Waals surface area contributed by atoms with Crippen LogP contribution in [0.3, 0.4) is 0 Å². The predicted octanol–water partition coefficient (Wildman–Crippen LogP) is 7.83. The van der Waals surface area contributed by atoms with E-state index in [0.29, 0.717) is 12.8 Å². The summed E-state index contributed by atoms with van der Waals surface area (Å²) in [6.07, 6.45) is 29.6. The molecular formula is C66H119NO18. The normalized spacial score (nSPS) is 29.3. The van der Waals surface area contributed by atoms with Crippen molar-refractivity contribution in [1.29, 1.82) is 0 Å². The minimum absolute atomic E-state index is 0.221. The third-order valence-electron chi connectivity index (χ3n) is 16.6. The Bertz CT molecular complexity index is 1740. The number of aliphatic hydroxyl groups excluding tert-OH is 11. The first-order valence-corrected chi connectivity index (χ1v) is 33.4. The standard InChI is InChI=1S/C66H119NO18/c1-3-5-7-9-11-13-15-17-19-20-21-22-23-24-25-26-27-28-29-30-31-33-35-37-39-41-43-50(71)49(67-54(72)44-42-40-38-36-34-32-18-16-14-12-10-8-6-4-2)48-80-64-60(78)57(75)62(52(46-69)82-64)85-66-61(79)58(76)63(53(47-70)83-66)84-65-59(77)56(74)55(73)51(45-68)81-65/h16,18,28-29,33,35,41,43,49-53,55-66,68-71,73-79H,3-15,17,19-27,30-32,34,36-40,42,44-48H2,1-2H3,(H,67,72)/b18-16-,29-28+,35-33+,43-41+. The number of hydrogen-bond acceptors (Lipinski definition) is 18. The van der Waals surface area contributed by atoms with Gasteiger partial charge in [0, 0.05) is 6.42 Å². The largest absolute Gasteiger partial charge is 0.394 e. The number of unbranched alkanes of at least 4 members (excludes halogenated alkanes) is 28. The molecule has 496 valence electrons. The van der Waals surface area contributed by atoms with E-state index in [4.69, 9.17) is 28.4 Å². The van der Waals surface area contributed by atoms with Crippen LogP contribution in [-0.4, -0.2) is 193 Å². The maximum atomic E-state index is 13.3. The molecule has 3 fully saturated rings. The van der Waals surface area contributed by atoms with E-state index < -0.39 is 124 Å². The van der Waals surface area contributed by atoms with Crippen LogP contribution in [-0.2, 0) is 33.2 Å². The fraction of sp³-hybridized carbons (Fsp3) is 0.864. The Kier molecular flexibility index (Phi) is 44.0. The van der Waals surface area contributed by atoms with Crippen molar-refractivity contribution in [2.45, 2.75) is 336 Å². The van der Waals surface area contributed by atoms with Gasteiger partial charge in [-0.1, -0.05) is 204 Å². The van der Waals surface area contributed by atoms with E-state index in [1.165, 1.54) is 135 Å². The van der Waals surface area contributed by atoms with Gasteiger partial charge >= 0.3 is 0 Å². The fourth-order valence-electron chi connectivity index (χ4n) is 11.1. The Balaban J connectivity index is 1.46. The molecule has 1 amide bonds. The molecule has 0 aliphatic carbocycles. The minimum atomic E-state index is -1.98. The summed E-state index contributed by atoms with van der Waals surface area (Å²) in [7, 11) is 0. The van der Waals surface area contributed by atoms with Crippen LogP contribution in [0.2, 0.25) is 0 Å². The summed E-state index contributed by atoms with van der Waals surface area (Å²) in [5, 5.41) is 120.